The molecule has 0 aliphatic heterocycles. The lowest BCUT2D eigenvalue weighted by atomic mass is 10.1. The van der Waals surface area contributed by atoms with Crippen LogP contribution in [0.1, 0.15) is 0 Å². The average molecular weight is 308 g/mol. The van der Waals surface area contributed by atoms with Crippen molar-refractivity contribution in [1.82, 2.24) is 9.97 Å². The Balaban J connectivity index is 1.54. The minimum atomic E-state index is 1.15. The highest BCUT2D eigenvalue weighted by Crippen LogP contribution is 2.28. The first kappa shape index (κ1) is 13.2. The van der Waals surface area contributed by atoms with E-state index in [4.69, 9.17) is 0 Å². The number of aromatic nitrogens is 2. The maximum Gasteiger partial charge on any atom is 0.0464 e. The Morgan fingerprint density at radius 1 is 0.458 bits per heavy atom. The molecule has 5 rings (SSSR count). The highest BCUT2D eigenvalue weighted by atomic mass is 14.7. The largest absolute Gasteiger partial charge is 0.355 e. The summed E-state index contributed by atoms with van der Waals surface area (Å²) in [6.07, 6.45) is 0. The van der Waals surface area contributed by atoms with Crippen molar-refractivity contribution < 1.29 is 0 Å². The van der Waals surface area contributed by atoms with Gasteiger partial charge in [0, 0.05) is 33.2 Å². The molecule has 0 spiro atoms. The van der Waals surface area contributed by atoms with Gasteiger partial charge in [-0.05, 0) is 35.4 Å². The second kappa shape index (κ2) is 5.14. The van der Waals surface area contributed by atoms with Crippen LogP contribution in [0.4, 0.5) is 0 Å². The molecule has 5 aromatic rings. The molecule has 2 N–H and O–H groups in total. The van der Waals surface area contributed by atoms with E-state index < -0.39 is 0 Å². The van der Waals surface area contributed by atoms with E-state index in [1.54, 1.807) is 0 Å². The van der Waals surface area contributed by atoms with Gasteiger partial charge in [-0.2, -0.15) is 0 Å². The number of H-pyrrole nitrogens is 2. The lowest BCUT2D eigenvalue weighted by Gasteiger charge is -2.01. The van der Waals surface area contributed by atoms with Gasteiger partial charge in [0.25, 0.3) is 0 Å². The van der Waals surface area contributed by atoms with E-state index in [9.17, 15) is 0 Å². The number of para-hydroxylation sites is 2. The van der Waals surface area contributed by atoms with Crippen LogP contribution in [-0.2, 0) is 0 Å². The summed E-state index contributed by atoms with van der Waals surface area (Å²) in [6.45, 7) is 0. The van der Waals surface area contributed by atoms with E-state index in [-0.39, 0.29) is 0 Å². The Kier molecular flexibility index (Phi) is 2.83. The third kappa shape index (κ3) is 2.12. The molecule has 0 bridgehead atoms. The molecule has 0 amide bonds. The van der Waals surface area contributed by atoms with Gasteiger partial charge in [-0.25, -0.2) is 0 Å². The molecule has 24 heavy (non-hydrogen) atoms. The Morgan fingerprint density at radius 2 is 0.875 bits per heavy atom. The molecule has 0 aliphatic rings. The monoisotopic (exact) mass is 308 g/mol. The van der Waals surface area contributed by atoms with Crippen molar-refractivity contribution in [1.29, 1.82) is 0 Å². The van der Waals surface area contributed by atoms with Crippen LogP contribution in [0, 0.1) is 0 Å². The second-order valence-electron chi connectivity index (χ2n) is 6.12. The summed E-state index contributed by atoms with van der Waals surface area (Å²) in [5.41, 5.74) is 7.05. The topological polar surface area (TPSA) is 31.6 Å². The molecule has 2 aromatic heterocycles. The van der Waals surface area contributed by atoms with Crippen LogP contribution >= 0.6 is 0 Å². The summed E-state index contributed by atoms with van der Waals surface area (Å²) < 4.78 is 0. The second-order valence-corrected chi connectivity index (χ2v) is 6.12. The summed E-state index contributed by atoms with van der Waals surface area (Å²) in [6, 6.07) is 29.8. The number of rotatable bonds is 2. The van der Waals surface area contributed by atoms with Gasteiger partial charge >= 0.3 is 0 Å². The third-order valence-corrected chi connectivity index (χ3v) is 4.57. The van der Waals surface area contributed by atoms with Gasteiger partial charge in [-0.15, -0.1) is 0 Å². The summed E-state index contributed by atoms with van der Waals surface area (Å²) in [4.78, 5) is 6.97. The summed E-state index contributed by atoms with van der Waals surface area (Å²) in [7, 11) is 0. The molecular weight excluding hydrogens is 292 g/mol. The maximum atomic E-state index is 3.48. The minimum Gasteiger partial charge on any atom is -0.355 e. The first-order valence-electron chi connectivity index (χ1n) is 8.13. The molecule has 0 fully saturated rings. The van der Waals surface area contributed by atoms with Gasteiger partial charge in [-0.3, -0.25) is 0 Å². The van der Waals surface area contributed by atoms with E-state index in [0.29, 0.717) is 0 Å². The Labute approximate surface area is 139 Å². The van der Waals surface area contributed by atoms with Crippen LogP contribution in [0.25, 0.3) is 44.3 Å². The molecule has 2 heterocycles. The number of fused-ring (bicyclic) bond motifs is 2. The SMILES string of the molecule is c1ccc2[nH]c(-c3ccc(-c4cc5ccccc5[nH]4)cc3)cc2c1. The predicted octanol–water partition coefficient (Wildman–Crippen LogP) is 5.98. The molecule has 0 unspecified atom stereocenters. The zero-order valence-corrected chi connectivity index (χ0v) is 13.1. The highest BCUT2D eigenvalue weighted by Gasteiger charge is 2.05. The summed E-state index contributed by atoms with van der Waals surface area (Å²) in [5, 5.41) is 2.49. The zero-order valence-electron chi connectivity index (χ0n) is 13.1. The number of aromatic amines is 2. The number of hydrogen-bond donors (Lipinski definition) is 2. The molecular formula is C22H16N2. The van der Waals surface area contributed by atoms with Gasteiger partial charge in [-0.1, -0.05) is 60.7 Å². The lowest BCUT2D eigenvalue weighted by Crippen LogP contribution is -1.80. The van der Waals surface area contributed by atoms with Crippen molar-refractivity contribution in [2.75, 3.05) is 0 Å². The van der Waals surface area contributed by atoms with Gasteiger partial charge in [0.2, 0.25) is 0 Å². The third-order valence-electron chi connectivity index (χ3n) is 4.57. The lowest BCUT2D eigenvalue weighted by molar-refractivity contribution is 1.43. The first-order chi connectivity index (χ1) is 11.9. The van der Waals surface area contributed by atoms with E-state index >= 15 is 0 Å². The van der Waals surface area contributed by atoms with E-state index in [2.05, 4.69) is 94.9 Å². The summed E-state index contributed by atoms with van der Waals surface area (Å²) in [5.74, 6) is 0. The minimum absolute atomic E-state index is 1.15. The molecule has 2 nitrogen and oxygen atoms in total. The molecule has 114 valence electrons. The fraction of sp³-hybridized carbons (Fsp3) is 0. The quantitative estimate of drug-likeness (QED) is 0.402. The fourth-order valence-corrected chi connectivity index (χ4v) is 3.29. The highest BCUT2D eigenvalue weighted by molar-refractivity contribution is 5.87. The zero-order chi connectivity index (χ0) is 15.9. The molecule has 0 aliphatic carbocycles. The fourth-order valence-electron chi connectivity index (χ4n) is 3.29. The van der Waals surface area contributed by atoms with Crippen LogP contribution < -0.4 is 0 Å². The van der Waals surface area contributed by atoms with Crippen LogP contribution in [0.5, 0.6) is 0 Å². The summed E-state index contributed by atoms with van der Waals surface area (Å²) >= 11 is 0. The van der Waals surface area contributed by atoms with Gasteiger partial charge in [0.05, 0.1) is 0 Å². The molecule has 0 radical (unpaired) electrons. The van der Waals surface area contributed by atoms with E-state index in [0.717, 1.165) is 11.4 Å². The maximum absolute atomic E-state index is 3.48. The van der Waals surface area contributed by atoms with Crippen molar-refractivity contribution in [2.45, 2.75) is 0 Å². The Hall–Kier alpha value is -3.26. The number of hydrogen-bond acceptors (Lipinski definition) is 0. The van der Waals surface area contributed by atoms with Crippen molar-refractivity contribution in [3.05, 3.63) is 84.9 Å². The normalized spacial score (nSPS) is 11.3. The Morgan fingerprint density at radius 3 is 1.29 bits per heavy atom. The Bertz CT molecular complexity index is 984. The van der Waals surface area contributed by atoms with Gasteiger partial charge in [0.15, 0.2) is 0 Å². The van der Waals surface area contributed by atoms with Crippen molar-refractivity contribution in [3.63, 3.8) is 0 Å². The van der Waals surface area contributed by atoms with Crippen LogP contribution in [0.2, 0.25) is 0 Å². The van der Waals surface area contributed by atoms with Gasteiger partial charge < -0.3 is 9.97 Å². The van der Waals surface area contributed by atoms with Crippen LogP contribution in [0.3, 0.4) is 0 Å². The van der Waals surface area contributed by atoms with E-state index in [1.165, 1.54) is 32.9 Å². The van der Waals surface area contributed by atoms with Crippen molar-refractivity contribution in [2.24, 2.45) is 0 Å². The smallest absolute Gasteiger partial charge is 0.0464 e. The molecule has 0 atom stereocenters. The molecule has 0 saturated carbocycles. The average Bonchev–Trinajstić information content (AvgIpc) is 3.25. The predicted molar refractivity (Wildman–Crippen MR) is 101 cm³/mol. The first-order valence-corrected chi connectivity index (χ1v) is 8.13. The van der Waals surface area contributed by atoms with E-state index in [1.807, 2.05) is 0 Å². The van der Waals surface area contributed by atoms with Crippen LogP contribution in [-0.4, -0.2) is 9.97 Å². The number of benzene rings is 3. The molecule has 3 aromatic carbocycles. The molecule has 0 saturated heterocycles. The van der Waals surface area contributed by atoms with Crippen molar-refractivity contribution in [3.8, 4) is 22.5 Å². The standard InChI is InChI=1S/C22H16N2/c1-3-7-19-17(5-1)13-21(23-19)15-9-11-16(12-10-15)22-14-18-6-2-4-8-20(18)24-22/h1-14,23-24H. The van der Waals surface area contributed by atoms with Crippen LogP contribution in [0.15, 0.2) is 84.9 Å². The molecule has 2 heteroatoms. The number of nitrogens with one attached hydrogen (secondary N) is 2. The van der Waals surface area contributed by atoms with Gasteiger partial charge in [0.1, 0.15) is 0 Å². The van der Waals surface area contributed by atoms with Crippen molar-refractivity contribution >= 4 is 21.8 Å².